The summed E-state index contributed by atoms with van der Waals surface area (Å²) in [6, 6.07) is 8.95. The number of hydrogen-bond acceptors (Lipinski definition) is 6. The van der Waals surface area contributed by atoms with Gasteiger partial charge in [0.25, 0.3) is 5.91 Å². The zero-order chi connectivity index (χ0) is 21.7. The summed E-state index contributed by atoms with van der Waals surface area (Å²) in [6.07, 6.45) is 1.65. The van der Waals surface area contributed by atoms with Crippen molar-refractivity contribution in [3.63, 3.8) is 0 Å². The van der Waals surface area contributed by atoms with Gasteiger partial charge in [-0.05, 0) is 82.7 Å². The van der Waals surface area contributed by atoms with Crippen LogP contribution in [-0.2, 0) is 9.59 Å². The van der Waals surface area contributed by atoms with Crippen LogP contribution in [0.3, 0.4) is 0 Å². The van der Waals surface area contributed by atoms with E-state index in [1.54, 1.807) is 25.1 Å². The fourth-order valence-corrected chi connectivity index (χ4v) is 3.89. The van der Waals surface area contributed by atoms with Gasteiger partial charge in [-0.1, -0.05) is 0 Å². The fraction of sp³-hybridized carbons (Fsp3) is 0.150. The molecule has 7 nitrogen and oxygen atoms in total. The Morgan fingerprint density at radius 3 is 2.70 bits per heavy atom. The SMILES string of the molecule is CCOc1cc(/C=C2/SC(=Nc3ccc(F)cc3)NC2=O)cc(Br)c1OCC(=O)O. The second-order valence-electron chi connectivity index (χ2n) is 5.90. The van der Waals surface area contributed by atoms with E-state index in [1.165, 1.54) is 24.3 Å². The van der Waals surface area contributed by atoms with Crippen molar-refractivity contribution < 1.29 is 28.6 Å². The molecular formula is C20H16BrFN2O5S. The number of carboxylic acids is 1. The number of carbonyl (C=O) groups is 2. The van der Waals surface area contributed by atoms with E-state index < -0.39 is 12.6 Å². The maximum atomic E-state index is 13.0. The monoisotopic (exact) mass is 494 g/mol. The molecule has 0 atom stereocenters. The number of amidine groups is 1. The maximum absolute atomic E-state index is 13.0. The molecule has 2 N–H and O–H groups in total. The van der Waals surface area contributed by atoms with E-state index >= 15 is 0 Å². The summed E-state index contributed by atoms with van der Waals surface area (Å²) in [5.41, 5.74) is 1.16. The average molecular weight is 495 g/mol. The molecule has 1 aliphatic heterocycles. The van der Waals surface area contributed by atoms with Crippen LogP contribution in [0, 0.1) is 5.82 Å². The number of benzene rings is 2. The Morgan fingerprint density at radius 1 is 1.30 bits per heavy atom. The number of aliphatic imine (C=N–C) groups is 1. The first kappa shape index (κ1) is 21.8. The number of nitrogens with zero attached hydrogens (tertiary/aromatic N) is 1. The van der Waals surface area contributed by atoms with E-state index in [4.69, 9.17) is 14.6 Å². The summed E-state index contributed by atoms with van der Waals surface area (Å²) in [5, 5.41) is 11.9. The Morgan fingerprint density at radius 2 is 2.03 bits per heavy atom. The molecule has 156 valence electrons. The van der Waals surface area contributed by atoms with Crippen molar-refractivity contribution in [1.29, 1.82) is 0 Å². The molecule has 0 bridgehead atoms. The average Bonchev–Trinajstić information content (AvgIpc) is 3.02. The lowest BCUT2D eigenvalue weighted by molar-refractivity contribution is -0.139. The van der Waals surface area contributed by atoms with Crippen LogP contribution >= 0.6 is 27.7 Å². The van der Waals surface area contributed by atoms with E-state index in [0.717, 1.165) is 11.8 Å². The number of ether oxygens (including phenoxy) is 2. The quantitative estimate of drug-likeness (QED) is 0.555. The molecule has 1 heterocycles. The molecule has 1 amide bonds. The van der Waals surface area contributed by atoms with E-state index in [2.05, 4.69) is 26.2 Å². The van der Waals surface area contributed by atoms with Gasteiger partial charge in [-0.2, -0.15) is 0 Å². The van der Waals surface area contributed by atoms with Crippen molar-refractivity contribution in [2.75, 3.05) is 13.2 Å². The number of halogens is 2. The summed E-state index contributed by atoms with van der Waals surface area (Å²) >= 11 is 4.50. The number of rotatable bonds is 7. The van der Waals surface area contributed by atoms with E-state index in [1.807, 2.05) is 0 Å². The van der Waals surface area contributed by atoms with Crippen LogP contribution in [0.25, 0.3) is 6.08 Å². The number of thioether (sulfide) groups is 1. The zero-order valence-corrected chi connectivity index (χ0v) is 18.0. The molecule has 0 aliphatic carbocycles. The first-order valence-electron chi connectivity index (χ1n) is 8.71. The first-order valence-corrected chi connectivity index (χ1v) is 10.3. The largest absolute Gasteiger partial charge is 0.490 e. The van der Waals surface area contributed by atoms with Crippen molar-refractivity contribution in [2.45, 2.75) is 6.92 Å². The minimum Gasteiger partial charge on any atom is -0.490 e. The highest BCUT2D eigenvalue weighted by Crippen LogP contribution is 2.38. The lowest BCUT2D eigenvalue weighted by atomic mass is 10.2. The van der Waals surface area contributed by atoms with Gasteiger partial charge < -0.3 is 19.9 Å². The van der Waals surface area contributed by atoms with Crippen LogP contribution in [-0.4, -0.2) is 35.4 Å². The van der Waals surface area contributed by atoms with Gasteiger partial charge in [-0.3, -0.25) is 4.79 Å². The molecule has 0 unspecified atom stereocenters. The minimum atomic E-state index is -1.11. The number of hydrogen-bond donors (Lipinski definition) is 2. The lowest BCUT2D eigenvalue weighted by Crippen LogP contribution is -2.19. The summed E-state index contributed by atoms with van der Waals surface area (Å²) in [7, 11) is 0. The van der Waals surface area contributed by atoms with Gasteiger partial charge in [0.2, 0.25) is 0 Å². The van der Waals surface area contributed by atoms with Gasteiger partial charge in [0.1, 0.15) is 5.82 Å². The predicted octanol–water partition coefficient (Wildman–Crippen LogP) is 4.34. The molecular weight excluding hydrogens is 479 g/mol. The number of nitrogens with one attached hydrogen (secondary N) is 1. The van der Waals surface area contributed by atoms with Crippen LogP contribution < -0.4 is 14.8 Å². The molecule has 0 radical (unpaired) electrons. The van der Waals surface area contributed by atoms with Gasteiger partial charge in [-0.15, -0.1) is 0 Å². The van der Waals surface area contributed by atoms with E-state index in [0.29, 0.717) is 38.2 Å². The summed E-state index contributed by atoms with van der Waals surface area (Å²) in [5.74, 6) is -1.18. The number of carboxylic acid groups (broad SMARTS) is 1. The Kier molecular flexibility index (Phi) is 7.11. The molecule has 10 heteroatoms. The first-order chi connectivity index (χ1) is 14.4. The van der Waals surface area contributed by atoms with Crippen LogP contribution in [0.5, 0.6) is 11.5 Å². The van der Waals surface area contributed by atoms with Crippen LogP contribution in [0.4, 0.5) is 10.1 Å². The zero-order valence-electron chi connectivity index (χ0n) is 15.6. The highest BCUT2D eigenvalue weighted by atomic mass is 79.9. The Bertz CT molecular complexity index is 1040. The smallest absolute Gasteiger partial charge is 0.341 e. The molecule has 1 saturated heterocycles. The van der Waals surface area contributed by atoms with Crippen molar-refractivity contribution >= 4 is 56.5 Å². The summed E-state index contributed by atoms with van der Waals surface area (Å²) in [4.78, 5) is 27.8. The number of amides is 1. The molecule has 30 heavy (non-hydrogen) atoms. The molecule has 1 aliphatic rings. The predicted molar refractivity (Wildman–Crippen MR) is 116 cm³/mol. The summed E-state index contributed by atoms with van der Waals surface area (Å²) in [6.45, 7) is 1.62. The number of aliphatic carboxylic acids is 1. The van der Waals surface area contributed by atoms with Gasteiger partial charge >= 0.3 is 5.97 Å². The Balaban J connectivity index is 1.85. The van der Waals surface area contributed by atoms with Gasteiger partial charge in [0, 0.05) is 0 Å². The van der Waals surface area contributed by atoms with Crippen molar-refractivity contribution in [2.24, 2.45) is 4.99 Å². The van der Waals surface area contributed by atoms with Crippen molar-refractivity contribution in [3.8, 4) is 11.5 Å². The highest BCUT2D eigenvalue weighted by Gasteiger charge is 2.24. The second kappa shape index (κ2) is 9.77. The van der Waals surface area contributed by atoms with Gasteiger partial charge in [0.15, 0.2) is 23.3 Å². The summed E-state index contributed by atoms with van der Waals surface area (Å²) < 4.78 is 24.4. The number of carbonyl (C=O) groups excluding carboxylic acids is 1. The normalized spacial score (nSPS) is 16.0. The van der Waals surface area contributed by atoms with Crippen LogP contribution in [0.15, 0.2) is 50.8 Å². The molecule has 1 fully saturated rings. The molecule has 2 aromatic rings. The van der Waals surface area contributed by atoms with Gasteiger partial charge in [-0.25, -0.2) is 14.2 Å². The highest BCUT2D eigenvalue weighted by molar-refractivity contribution is 9.10. The van der Waals surface area contributed by atoms with Crippen molar-refractivity contribution in [3.05, 3.63) is 57.2 Å². The molecule has 0 spiro atoms. The van der Waals surface area contributed by atoms with E-state index in [-0.39, 0.29) is 17.5 Å². The maximum Gasteiger partial charge on any atom is 0.341 e. The molecule has 3 rings (SSSR count). The lowest BCUT2D eigenvalue weighted by Gasteiger charge is -2.13. The third-order valence-corrected chi connectivity index (χ3v) is 5.18. The Labute approximate surface area is 184 Å². The van der Waals surface area contributed by atoms with Crippen LogP contribution in [0.1, 0.15) is 12.5 Å². The topological polar surface area (TPSA) is 97.2 Å². The molecule has 2 aromatic carbocycles. The van der Waals surface area contributed by atoms with Crippen molar-refractivity contribution in [1.82, 2.24) is 5.32 Å². The third-order valence-electron chi connectivity index (χ3n) is 3.68. The molecule has 0 aromatic heterocycles. The second-order valence-corrected chi connectivity index (χ2v) is 7.79. The third kappa shape index (κ3) is 5.61. The molecule has 0 saturated carbocycles. The van der Waals surface area contributed by atoms with Gasteiger partial charge in [0.05, 0.1) is 21.7 Å². The Hall–Kier alpha value is -2.85. The van der Waals surface area contributed by atoms with Crippen LogP contribution in [0.2, 0.25) is 0 Å². The fourth-order valence-electron chi connectivity index (χ4n) is 2.47. The minimum absolute atomic E-state index is 0.267. The van der Waals surface area contributed by atoms with E-state index in [9.17, 15) is 14.0 Å². The standard InChI is InChI=1S/C20H16BrFN2O5S/c1-2-28-15-8-11(7-14(21)18(15)29-10-17(25)26)9-16-19(27)24-20(30-16)23-13-5-3-12(22)4-6-13/h3-9H,2,10H2,1H3,(H,25,26)(H,23,24,27)/b16-9+.